The third kappa shape index (κ3) is 2.96. The molecule has 0 aliphatic heterocycles. The summed E-state index contributed by atoms with van der Waals surface area (Å²) in [6, 6.07) is 2.00. The second kappa shape index (κ2) is 5.71. The number of hydrogen-bond acceptors (Lipinski definition) is 4. The van der Waals surface area contributed by atoms with Gasteiger partial charge in [0.15, 0.2) is 5.75 Å². The van der Waals surface area contributed by atoms with Gasteiger partial charge in [0.05, 0.1) is 5.69 Å². The van der Waals surface area contributed by atoms with Crippen molar-refractivity contribution in [1.82, 2.24) is 20.1 Å². The minimum absolute atomic E-state index is 0.608. The molecule has 19 heavy (non-hydrogen) atoms. The van der Waals surface area contributed by atoms with Gasteiger partial charge < -0.3 is 10.1 Å². The van der Waals surface area contributed by atoms with Crippen LogP contribution < -0.4 is 10.1 Å². The van der Waals surface area contributed by atoms with E-state index < -0.39 is 0 Å². The predicted molar refractivity (Wildman–Crippen MR) is 77.5 cm³/mol. The van der Waals surface area contributed by atoms with E-state index in [1.807, 2.05) is 34.0 Å². The Bertz CT molecular complexity index is 595. The number of nitrogens with zero attached hydrogens (tertiary/aromatic N) is 3. The molecule has 2 aromatic rings. The standard InChI is InChI=1S/C13H17BrN4O/c1-8-12(9(2)18(4)17-8)19-13-10(6-15-3)5-11(14)7-16-13/h5,7,15H,6H2,1-4H3. The van der Waals surface area contributed by atoms with Crippen molar-refractivity contribution in [3.8, 4) is 11.6 Å². The molecule has 0 saturated carbocycles. The lowest BCUT2D eigenvalue weighted by Gasteiger charge is -2.10. The zero-order valence-corrected chi connectivity index (χ0v) is 13.1. The molecule has 2 heterocycles. The van der Waals surface area contributed by atoms with Gasteiger partial charge in [-0.25, -0.2) is 4.98 Å². The quantitative estimate of drug-likeness (QED) is 0.939. The van der Waals surface area contributed by atoms with E-state index in [-0.39, 0.29) is 0 Å². The monoisotopic (exact) mass is 324 g/mol. The van der Waals surface area contributed by atoms with E-state index in [9.17, 15) is 0 Å². The van der Waals surface area contributed by atoms with E-state index >= 15 is 0 Å². The van der Waals surface area contributed by atoms with Crippen molar-refractivity contribution in [3.63, 3.8) is 0 Å². The van der Waals surface area contributed by atoms with E-state index in [4.69, 9.17) is 4.74 Å². The Balaban J connectivity index is 2.37. The van der Waals surface area contributed by atoms with Gasteiger partial charge in [-0.2, -0.15) is 5.10 Å². The average Bonchev–Trinajstić information content (AvgIpc) is 2.59. The fourth-order valence-corrected chi connectivity index (χ4v) is 2.25. The first kappa shape index (κ1) is 14.0. The van der Waals surface area contributed by atoms with Crippen molar-refractivity contribution < 1.29 is 4.74 Å². The highest BCUT2D eigenvalue weighted by Gasteiger charge is 2.14. The highest BCUT2D eigenvalue weighted by atomic mass is 79.9. The molecule has 5 nitrogen and oxygen atoms in total. The van der Waals surface area contributed by atoms with Crippen LogP contribution in [0.4, 0.5) is 0 Å². The summed E-state index contributed by atoms with van der Waals surface area (Å²) in [7, 11) is 3.80. The lowest BCUT2D eigenvalue weighted by molar-refractivity contribution is 0.446. The molecule has 0 atom stereocenters. The third-order valence-electron chi connectivity index (χ3n) is 2.90. The summed E-state index contributed by atoms with van der Waals surface area (Å²) < 4.78 is 8.69. The molecule has 102 valence electrons. The Morgan fingerprint density at radius 1 is 1.42 bits per heavy atom. The van der Waals surface area contributed by atoms with Crippen LogP contribution in [0.15, 0.2) is 16.7 Å². The van der Waals surface area contributed by atoms with Gasteiger partial charge in [0.1, 0.15) is 5.69 Å². The molecule has 0 unspecified atom stereocenters. The largest absolute Gasteiger partial charge is 0.435 e. The van der Waals surface area contributed by atoms with E-state index in [0.717, 1.165) is 27.2 Å². The molecule has 0 spiro atoms. The van der Waals surface area contributed by atoms with Crippen molar-refractivity contribution in [1.29, 1.82) is 0 Å². The lowest BCUT2D eigenvalue weighted by Crippen LogP contribution is -2.07. The summed E-state index contributed by atoms with van der Waals surface area (Å²) in [5.74, 6) is 1.38. The molecule has 0 saturated heterocycles. The van der Waals surface area contributed by atoms with Gasteiger partial charge in [-0.1, -0.05) is 0 Å². The summed E-state index contributed by atoms with van der Waals surface area (Å²) in [4.78, 5) is 4.34. The van der Waals surface area contributed by atoms with Gasteiger partial charge in [0.25, 0.3) is 0 Å². The molecule has 0 fully saturated rings. The van der Waals surface area contributed by atoms with Crippen LogP contribution in [0.2, 0.25) is 0 Å². The lowest BCUT2D eigenvalue weighted by atomic mass is 10.2. The molecule has 0 bridgehead atoms. The second-order valence-corrected chi connectivity index (χ2v) is 5.29. The highest BCUT2D eigenvalue weighted by Crippen LogP contribution is 2.29. The van der Waals surface area contributed by atoms with Crippen LogP contribution in [0.5, 0.6) is 11.6 Å². The molecule has 0 radical (unpaired) electrons. The smallest absolute Gasteiger partial charge is 0.223 e. The van der Waals surface area contributed by atoms with E-state index in [0.29, 0.717) is 12.4 Å². The molecular formula is C13H17BrN4O. The Morgan fingerprint density at radius 2 is 2.16 bits per heavy atom. The van der Waals surface area contributed by atoms with Crippen LogP contribution in [0.1, 0.15) is 17.0 Å². The Kier molecular flexibility index (Phi) is 4.21. The number of pyridine rings is 1. The number of nitrogens with one attached hydrogen (secondary N) is 1. The molecule has 0 aliphatic rings. The molecule has 0 aliphatic carbocycles. The van der Waals surface area contributed by atoms with Gasteiger partial charge in [0, 0.05) is 29.8 Å². The van der Waals surface area contributed by atoms with E-state index in [2.05, 4.69) is 31.3 Å². The minimum Gasteiger partial charge on any atom is -0.435 e. The number of aryl methyl sites for hydroxylation is 2. The zero-order valence-electron chi connectivity index (χ0n) is 11.5. The number of aromatic nitrogens is 3. The van der Waals surface area contributed by atoms with Crippen LogP contribution in [-0.2, 0) is 13.6 Å². The molecular weight excluding hydrogens is 308 g/mol. The summed E-state index contributed by atoms with van der Waals surface area (Å²) >= 11 is 3.42. The topological polar surface area (TPSA) is 52.0 Å². The molecule has 1 N–H and O–H groups in total. The van der Waals surface area contributed by atoms with Gasteiger partial charge >= 0.3 is 0 Å². The summed E-state index contributed by atoms with van der Waals surface area (Å²) in [6.45, 7) is 4.60. The minimum atomic E-state index is 0.608. The van der Waals surface area contributed by atoms with Crippen molar-refractivity contribution in [2.45, 2.75) is 20.4 Å². The first-order valence-electron chi connectivity index (χ1n) is 6.00. The first-order chi connectivity index (χ1) is 9.02. The first-order valence-corrected chi connectivity index (χ1v) is 6.79. The van der Waals surface area contributed by atoms with E-state index in [1.165, 1.54) is 0 Å². The van der Waals surface area contributed by atoms with Gasteiger partial charge in [-0.15, -0.1) is 0 Å². The third-order valence-corrected chi connectivity index (χ3v) is 3.33. The van der Waals surface area contributed by atoms with Crippen molar-refractivity contribution in [2.75, 3.05) is 7.05 Å². The fraction of sp³-hybridized carbons (Fsp3) is 0.385. The van der Waals surface area contributed by atoms with Gasteiger partial charge in [-0.05, 0) is 42.9 Å². The normalized spacial score (nSPS) is 10.8. The molecule has 0 aromatic carbocycles. The predicted octanol–water partition coefficient (Wildman–Crippen LogP) is 2.71. The number of rotatable bonds is 4. The Labute approximate surface area is 121 Å². The van der Waals surface area contributed by atoms with Crippen molar-refractivity contribution >= 4 is 15.9 Å². The van der Waals surface area contributed by atoms with Crippen LogP contribution in [-0.4, -0.2) is 21.8 Å². The van der Waals surface area contributed by atoms with E-state index in [1.54, 1.807) is 10.9 Å². The molecule has 6 heteroatoms. The van der Waals surface area contributed by atoms with Crippen molar-refractivity contribution in [3.05, 3.63) is 33.7 Å². The summed E-state index contributed by atoms with van der Waals surface area (Å²) in [5, 5.41) is 7.45. The highest BCUT2D eigenvalue weighted by molar-refractivity contribution is 9.10. The summed E-state index contributed by atoms with van der Waals surface area (Å²) in [6.07, 6.45) is 1.73. The van der Waals surface area contributed by atoms with Crippen LogP contribution in [0.25, 0.3) is 0 Å². The Morgan fingerprint density at radius 3 is 2.74 bits per heavy atom. The van der Waals surface area contributed by atoms with Crippen molar-refractivity contribution in [2.24, 2.45) is 7.05 Å². The maximum atomic E-state index is 5.94. The van der Waals surface area contributed by atoms with Crippen LogP contribution in [0.3, 0.4) is 0 Å². The van der Waals surface area contributed by atoms with Gasteiger partial charge in [-0.3, -0.25) is 4.68 Å². The fourth-order valence-electron chi connectivity index (χ4n) is 1.88. The van der Waals surface area contributed by atoms with Crippen LogP contribution >= 0.6 is 15.9 Å². The number of hydrogen-bond donors (Lipinski definition) is 1. The maximum Gasteiger partial charge on any atom is 0.223 e. The van der Waals surface area contributed by atoms with Gasteiger partial charge in [0.2, 0.25) is 5.88 Å². The van der Waals surface area contributed by atoms with Crippen LogP contribution in [0, 0.1) is 13.8 Å². The second-order valence-electron chi connectivity index (χ2n) is 4.37. The zero-order chi connectivity index (χ0) is 14.0. The molecule has 2 rings (SSSR count). The molecule has 2 aromatic heterocycles. The number of ether oxygens (including phenoxy) is 1. The SMILES string of the molecule is CNCc1cc(Br)cnc1Oc1c(C)nn(C)c1C. The molecule has 0 amide bonds. The summed E-state index contributed by atoms with van der Waals surface area (Å²) in [5.41, 5.74) is 2.84. The average molecular weight is 325 g/mol. The maximum absolute atomic E-state index is 5.94. The number of halogens is 1. The Hall–Kier alpha value is -1.40.